The molecule has 0 fully saturated rings. The first-order valence-corrected chi connectivity index (χ1v) is 13.8. The van der Waals surface area contributed by atoms with Crippen LogP contribution in [0.3, 0.4) is 0 Å². The van der Waals surface area contributed by atoms with Crippen molar-refractivity contribution in [2.45, 2.75) is 70.6 Å². The quantitative estimate of drug-likeness (QED) is 0.162. The van der Waals surface area contributed by atoms with Crippen molar-refractivity contribution in [1.82, 2.24) is 0 Å². The van der Waals surface area contributed by atoms with Gasteiger partial charge in [0.1, 0.15) is 0 Å². The van der Waals surface area contributed by atoms with Crippen molar-refractivity contribution in [2.75, 3.05) is 12.4 Å². The predicted octanol–water partition coefficient (Wildman–Crippen LogP) is 8.04. The Morgan fingerprint density at radius 3 is 2.20 bits per heavy atom. The third kappa shape index (κ3) is 13.5. The molecule has 6 heteroatoms. The first kappa shape index (κ1) is 25.7. The van der Waals surface area contributed by atoms with E-state index in [1.165, 1.54) is 61.3 Å². The van der Waals surface area contributed by atoms with E-state index in [0.29, 0.717) is 12.5 Å². The van der Waals surface area contributed by atoms with Crippen LogP contribution >= 0.6 is 28.5 Å². The molecule has 1 aromatic carbocycles. The molecule has 25 heavy (non-hydrogen) atoms. The van der Waals surface area contributed by atoms with E-state index in [1.54, 1.807) is 0 Å². The van der Waals surface area contributed by atoms with Gasteiger partial charge in [0.25, 0.3) is 0 Å². The fraction of sp³-hybridized carbons (Fsp3) is 0.684. The Kier molecular flexibility index (Phi) is 16.2. The van der Waals surface area contributed by atoms with Gasteiger partial charge in [0.05, 0.1) is 6.61 Å². The van der Waals surface area contributed by atoms with Gasteiger partial charge in [0.15, 0.2) is 0 Å². The van der Waals surface area contributed by atoms with Crippen molar-refractivity contribution >= 4 is 28.5 Å². The van der Waals surface area contributed by atoms with E-state index in [4.69, 9.17) is 4.52 Å². The number of rotatable bonds is 14. The van der Waals surface area contributed by atoms with Gasteiger partial charge >= 0.3 is 5.77 Å². The summed E-state index contributed by atoms with van der Waals surface area (Å²) in [4.78, 5) is 1.02. The van der Waals surface area contributed by atoms with Gasteiger partial charge in [-0.25, -0.2) is 0 Å². The molecule has 0 amide bonds. The Labute approximate surface area is 175 Å². The molecule has 1 atom stereocenters. The van der Waals surface area contributed by atoms with E-state index in [2.05, 4.69) is 20.8 Å². The van der Waals surface area contributed by atoms with Gasteiger partial charge < -0.3 is 4.52 Å². The SMILES string of the molecule is CCCCCCCCCSP(=O)(OCC(C)C)Sc1ccccc1.[Zn]. The first-order valence-electron chi connectivity index (χ1n) is 9.19. The topological polar surface area (TPSA) is 26.3 Å². The third-order valence-corrected chi connectivity index (χ3v) is 10.5. The first-order chi connectivity index (χ1) is 11.6. The molecule has 140 valence electrons. The van der Waals surface area contributed by atoms with Gasteiger partial charge in [-0.3, -0.25) is 4.57 Å². The average molecular weight is 454 g/mol. The van der Waals surface area contributed by atoms with Crippen LogP contribution in [0, 0.1) is 5.92 Å². The van der Waals surface area contributed by atoms with Crippen LogP contribution in [0.15, 0.2) is 35.2 Å². The maximum absolute atomic E-state index is 13.2. The van der Waals surface area contributed by atoms with Gasteiger partial charge in [-0.1, -0.05) is 88.9 Å². The third-order valence-electron chi connectivity index (χ3n) is 3.52. The molecule has 0 aliphatic heterocycles. The molecule has 2 nitrogen and oxygen atoms in total. The zero-order valence-electron chi connectivity index (χ0n) is 16.1. The largest absolute Gasteiger partial charge is 0.317 e. The molecule has 0 heterocycles. The van der Waals surface area contributed by atoms with Crippen molar-refractivity contribution in [2.24, 2.45) is 5.92 Å². The van der Waals surface area contributed by atoms with Crippen molar-refractivity contribution in [3.63, 3.8) is 0 Å². The van der Waals surface area contributed by atoms with E-state index < -0.39 is 5.77 Å². The number of hydrogen-bond donors (Lipinski definition) is 0. The van der Waals surface area contributed by atoms with E-state index in [1.807, 2.05) is 30.3 Å². The van der Waals surface area contributed by atoms with Gasteiger partial charge in [-0.15, -0.1) is 0 Å². The zero-order valence-corrected chi connectivity index (χ0v) is 21.6. The van der Waals surface area contributed by atoms with Crippen LogP contribution in [0.4, 0.5) is 0 Å². The van der Waals surface area contributed by atoms with Crippen molar-refractivity contribution in [3.8, 4) is 0 Å². The summed E-state index contributed by atoms with van der Waals surface area (Å²) in [6.07, 6.45) is 8.98. The second-order valence-electron chi connectivity index (χ2n) is 6.50. The fourth-order valence-electron chi connectivity index (χ4n) is 2.18. The van der Waals surface area contributed by atoms with Gasteiger partial charge in [0.2, 0.25) is 0 Å². The summed E-state index contributed by atoms with van der Waals surface area (Å²) >= 11 is 2.93. The second kappa shape index (κ2) is 15.8. The van der Waals surface area contributed by atoms with Gasteiger partial charge in [0, 0.05) is 30.1 Å². The van der Waals surface area contributed by atoms with Crippen LogP contribution in [-0.4, -0.2) is 12.4 Å². The summed E-state index contributed by atoms with van der Waals surface area (Å²) in [5, 5.41) is 0. The standard InChI is InChI=1S/C19H33O2PS2.Zn/c1-4-5-6-7-8-9-13-16-23-22(20,21-17-18(2)3)24-19-14-11-10-12-15-19;/h10-12,14-15,18H,4-9,13,16-17H2,1-3H3;. The average Bonchev–Trinajstić information content (AvgIpc) is 2.56. The van der Waals surface area contributed by atoms with E-state index >= 15 is 0 Å². The maximum atomic E-state index is 13.2. The summed E-state index contributed by atoms with van der Waals surface area (Å²) in [5.41, 5.74) is 0. The maximum Gasteiger partial charge on any atom is 0.317 e. The minimum Gasteiger partial charge on any atom is -0.313 e. The summed E-state index contributed by atoms with van der Waals surface area (Å²) in [6, 6.07) is 9.95. The van der Waals surface area contributed by atoms with Crippen LogP contribution in [0.5, 0.6) is 0 Å². The summed E-state index contributed by atoms with van der Waals surface area (Å²) in [5.74, 6) is -1.41. The van der Waals surface area contributed by atoms with Crippen LogP contribution in [0.25, 0.3) is 0 Å². The Balaban J connectivity index is 0.00000576. The van der Waals surface area contributed by atoms with E-state index in [0.717, 1.165) is 17.1 Å². The Bertz CT molecular complexity index is 472. The number of hydrogen-bond acceptors (Lipinski definition) is 4. The molecule has 0 saturated carbocycles. The zero-order chi connectivity index (χ0) is 17.7. The molecule has 1 unspecified atom stereocenters. The van der Waals surface area contributed by atoms with Crippen molar-refractivity contribution < 1.29 is 28.6 Å². The molecule has 0 saturated heterocycles. The fourth-order valence-corrected chi connectivity index (χ4v) is 8.95. The smallest absolute Gasteiger partial charge is 0.313 e. The van der Waals surface area contributed by atoms with E-state index in [9.17, 15) is 4.57 Å². The summed E-state index contributed by atoms with van der Waals surface area (Å²) in [6.45, 7) is 6.99. The van der Waals surface area contributed by atoms with Crippen LogP contribution < -0.4 is 0 Å². The Hall–Kier alpha value is 0.733. The summed E-state index contributed by atoms with van der Waals surface area (Å²) in [7, 11) is 0. The van der Waals surface area contributed by atoms with Crippen LogP contribution in [0.1, 0.15) is 65.7 Å². The molecule has 0 spiro atoms. The summed E-state index contributed by atoms with van der Waals surface area (Å²) < 4.78 is 19.0. The molecule has 1 rings (SSSR count). The Morgan fingerprint density at radius 1 is 1.00 bits per heavy atom. The van der Waals surface area contributed by atoms with Crippen LogP contribution in [0.2, 0.25) is 0 Å². The minimum absolute atomic E-state index is 0. The van der Waals surface area contributed by atoms with Gasteiger partial charge in [-0.2, -0.15) is 0 Å². The molecule has 0 radical (unpaired) electrons. The molecule has 0 aliphatic rings. The monoisotopic (exact) mass is 452 g/mol. The molecule has 0 aliphatic carbocycles. The molecule has 0 N–H and O–H groups in total. The molecule has 0 bridgehead atoms. The normalized spacial score (nSPS) is 13.4. The minimum atomic E-state index is -2.73. The van der Waals surface area contributed by atoms with Crippen LogP contribution in [-0.2, 0) is 28.6 Å². The number of benzene rings is 1. The second-order valence-corrected chi connectivity index (χ2v) is 13.9. The van der Waals surface area contributed by atoms with E-state index in [-0.39, 0.29) is 19.5 Å². The molecular weight excluding hydrogens is 421 g/mol. The molecular formula is C19H33O2PS2Zn. The van der Waals surface area contributed by atoms with Crippen molar-refractivity contribution in [3.05, 3.63) is 30.3 Å². The molecule has 0 aromatic heterocycles. The van der Waals surface area contributed by atoms with Gasteiger partial charge in [-0.05, 0) is 35.9 Å². The predicted molar refractivity (Wildman–Crippen MR) is 111 cm³/mol. The molecule has 1 aromatic rings. The Morgan fingerprint density at radius 2 is 1.60 bits per heavy atom. The number of unbranched alkanes of at least 4 members (excludes halogenated alkanes) is 6. The van der Waals surface area contributed by atoms with Crippen molar-refractivity contribution in [1.29, 1.82) is 0 Å².